The van der Waals surface area contributed by atoms with Gasteiger partial charge in [0, 0.05) is 32.7 Å². The molecule has 2 aromatic rings. The van der Waals surface area contributed by atoms with Crippen LogP contribution in [0.1, 0.15) is 24.8 Å². The molecule has 0 radical (unpaired) electrons. The Morgan fingerprint density at radius 2 is 2.04 bits per heavy atom. The van der Waals surface area contributed by atoms with E-state index in [0.29, 0.717) is 25.6 Å². The lowest BCUT2D eigenvalue weighted by Crippen LogP contribution is -2.37. The van der Waals surface area contributed by atoms with Crippen LogP contribution in [-0.4, -0.2) is 43.7 Å². The topological polar surface area (TPSA) is 41.6 Å². The first kappa shape index (κ1) is 16.9. The standard InChI is InChI=1S/C20H26N2O2/c1-24-13-12-22-19(8-9-20(22)23)10-11-21-15-16-6-7-17-4-2-3-5-18(17)14-16/h2-7,14,19,21H,8-13,15H2,1H3/t19-/m1/s1. The first-order chi connectivity index (χ1) is 11.8. The Kier molecular flexibility index (Phi) is 5.83. The maximum Gasteiger partial charge on any atom is 0.222 e. The van der Waals surface area contributed by atoms with Crippen LogP contribution in [0.4, 0.5) is 0 Å². The van der Waals surface area contributed by atoms with E-state index >= 15 is 0 Å². The van der Waals surface area contributed by atoms with Crippen molar-refractivity contribution in [1.29, 1.82) is 0 Å². The Balaban J connectivity index is 1.46. The van der Waals surface area contributed by atoms with E-state index in [1.54, 1.807) is 7.11 Å². The number of nitrogens with one attached hydrogen (secondary N) is 1. The van der Waals surface area contributed by atoms with Gasteiger partial charge in [0.25, 0.3) is 0 Å². The molecule has 1 heterocycles. The quantitative estimate of drug-likeness (QED) is 0.758. The molecule has 1 saturated heterocycles. The zero-order valence-corrected chi connectivity index (χ0v) is 14.3. The molecule has 1 fully saturated rings. The highest BCUT2D eigenvalue weighted by molar-refractivity contribution is 5.83. The average molecular weight is 326 g/mol. The number of nitrogens with zero attached hydrogens (tertiary/aromatic N) is 1. The van der Waals surface area contributed by atoms with Crippen molar-refractivity contribution in [2.24, 2.45) is 0 Å². The maximum atomic E-state index is 11.9. The normalized spacial score (nSPS) is 17.8. The number of benzene rings is 2. The van der Waals surface area contributed by atoms with Crippen molar-refractivity contribution >= 4 is 16.7 Å². The van der Waals surface area contributed by atoms with Gasteiger partial charge >= 0.3 is 0 Å². The van der Waals surface area contributed by atoms with Gasteiger partial charge in [-0.25, -0.2) is 0 Å². The fourth-order valence-electron chi connectivity index (χ4n) is 3.44. The Morgan fingerprint density at radius 1 is 1.21 bits per heavy atom. The van der Waals surface area contributed by atoms with E-state index in [0.717, 1.165) is 25.9 Å². The molecule has 1 amide bonds. The second-order valence-corrected chi connectivity index (χ2v) is 6.42. The Bertz CT molecular complexity index is 686. The molecule has 1 N–H and O–H groups in total. The summed E-state index contributed by atoms with van der Waals surface area (Å²) in [5.41, 5.74) is 1.30. The zero-order valence-electron chi connectivity index (χ0n) is 14.3. The van der Waals surface area contributed by atoms with E-state index in [9.17, 15) is 4.79 Å². The number of methoxy groups -OCH3 is 1. The summed E-state index contributed by atoms with van der Waals surface area (Å²) in [4.78, 5) is 13.9. The lowest BCUT2D eigenvalue weighted by Gasteiger charge is -2.24. The van der Waals surface area contributed by atoms with Gasteiger partial charge in [0.05, 0.1) is 6.61 Å². The Morgan fingerprint density at radius 3 is 2.88 bits per heavy atom. The van der Waals surface area contributed by atoms with E-state index in [1.807, 2.05) is 4.90 Å². The number of ether oxygens (including phenoxy) is 1. The monoisotopic (exact) mass is 326 g/mol. The van der Waals surface area contributed by atoms with Gasteiger partial charge < -0.3 is 15.0 Å². The van der Waals surface area contributed by atoms with Crippen LogP contribution in [-0.2, 0) is 16.1 Å². The predicted octanol–water partition coefficient (Wildman–Crippen LogP) is 2.96. The molecule has 0 spiro atoms. The van der Waals surface area contributed by atoms with E-state index in [2.05, 4.69) is 47.8 Å². The van der Waals surface area contributed by atoms with Gasteiger partial charge in [-0.2, -0.15) is 0 Å². The van der Waals surface area contributed by atoms with Crippen LogP contribution in [0.25, 0.3) is 10.8 Å². The van der Waals surface area contributed by atoms with Crippen LogP contribution in [0.5, 0.6) is 0 Å². The van der Waals surface area contributed by atoms with Crippen LogP contribution in [0.2, 0.25) is 0 Å². The number of hydrogen-bond acceptors (Lipinski definition) is 3. The first-order valence-corrected chi connectivity index (χ1v) is 8.75. The summed E-state index contributed by atoms with van der Waals surface area (Å²) in [5.74, 6) is 0.270. The van der Waals surface area contributed by atoms with E-state index in [1.165, 1.54) is 16.3 Å². The lowest BCUT2D eigenvalue weighted by atomic mass is 10.1. The van der Waals surface area contributed by atoms with Gasteiger partial charge in [-0.15, -0.1) is 0 Å². The minimum Gasteiger partial charge on any atom is -0.383 e. The van der Waals surface area contributed by atoms with Crippen molar-refractivity contribution in [1.82, 2.24) is 10.2 Å². The third-order valence-corrected chi connectivity index (χ3v) is 4.79. The maximum absolute atomic E-state index is 11.9. The van der Waals surface area contributed by atoms with Gasteiger partial charge in [-0.05, 0) is 41.8 Å². The molecule has 1 aliphatic heterocycles. The highest BCUT2D eigenvalue weighted by Crippen LogP contribution is 2.21. The Hall–Kier alpha value is -1.91. The van der Waals surface area contributed by atoms with Crippen LogP contribution in [0, 0.1) is 0 Å². The third kappa shape index (κ3) is 4.13. The van der Waals surface area contributed by atoms with E-state index < -0.39 is 0 Å². The van der Waals surface area contributed by atoms with Crippen molar-refractivity contribution < 1.29 is 9.53 Å². The molecule has 4 nitrogen and oxygen atoms in total. The molecule has 0 unspecified atom stereocenters. The molecule has 4 heteroatoms. The molecule has 2 aromatic carbocycles. The van der Waals surface area contributed by atoms with Gasteiger partial charge in [-0.1, -0.05) is 36.4 Å². The van der Waals surface area contributed by atoms with Crippen molar-refractivity contribution in [2.45, 2.75) is 31.8 Å². The fourth-order valence-corrected chi connectivity index (χ4v) is 3.44. The lowest BCUT2D eigenvalue weighted by molar-refractivity contribution is -0.129. The number of carbonyl (C=O) groups is 1. The van der Waals surface area contributed by atoms with Gasteiger partial charge in [0.15, 0.2) is 0 Å². The molecule has 0 bridgehead atoms. The zero-order chi connectivity index (χ0) is 16.8. The SMILES string of the molecule is COCCN1C(=O)CC[C@@H]1CCNCc1ccc2ccccc2c1. The number of hydrogen-bond donors (Lipinski definition) is 1. The molecular weight excluding hydrogens is 300 g/mol. The molecule has 1 atom stereocenters. The minimum absolute atomic E-state index is 0.270. The summed E-state index contributed by atoms with van der Waals surface area (Å²) < 4.78 is 5.11. The third-order valence-electron chi connectivity index (χ3n) is 4.79. The second-order valence-electron chi connectivity index (χ2n) is 6.42. The average Bonchev–Trinajstić information content (AvgIpc) is 2.96. The second kappa shape index (κ2) is 8.27. The van der Waals surface area contributed by atoms with Crippen molar-refractivity contribution in [3.63, 3.8) is 0 Å². The van der Waals surface area contributed by atoms with Gasteiger partial charge in [0.2, 0.25) is 5.91 Å². The summed E-state index contributed by atoms with van der Waals surface area (Å²) in [6.07, 6.45) is 2.66. The highest BCUT2D eigenvalue weighted by atomic mass is 16.5. The molecule has 3 rings (SSSR count). The number of rotatable bonds is 8. The van der Waals surface area contributed by atoms with Gasteiger partial charge in [0.1, 0.15) is 0 Å². The molecule has 1 aliphatic rings. The van der Waals surface area contributed by atoms with Crippen LogP contribution >= 0.6 is 0 Å². The number of fused-ring (bicyclic) bond motifs is 1. The molecule has 24 heavy (non-hydrogen) atoms. The first-order valence-electron chi connectivity index (χ1n) is 8.75. The van der Waals surface area contributed by atoms with Crippen LogP contribution in [0.3, 0.4) is 0 Å². The Labute approximate surface area is 143 Å². The summed E-state index contributed by atoms with van der Waals surface area (Å²) in [5, 5.41) is 6.07. The summed E-state index contributed by atoms with van der Waals surface area (Å²) >= 11 is 0. The van der Waals surface area contributed by atoms with E-state index in [4.69, 9.17) is 4.74 Å². The summed E-state index contributed by atoms with van der Waals surface area (Å²) in [7, 11) is 1.68. The molecule has 0 aliphatic carbocycles. The summed E-state index contributed by atoms with van der Waals surface area (Å²) in [6, 6.07) is 15.4. The largest absolute Gasteiger partial charge is 0.383 e. The highest BCUT2D eigenvalue weighted by Gasteiger charge is 2.29. The predicted molar refractivity (Wildman–Crippen MR) is 96.9 cm³/mol. The molecular formula is C20H26N2O2. The van der Waals surface area contributed by atoms with Crippen molar-refractivity contribution in [3.8, 4) is 0 Å². The van der Waals surface area contributed by atoms with Gasteiger partial charge in [-0.3, -0.25) is 4.79 Å². The molecule has 0 saturated carbocycles. The number of carbonyl (C=O) groups excluding carboxylic acids is 1. The molecule has 128 valence electrons. The fraction of sp³-hybridized carbons (Fsp3) is 0.450. The molecule has 0 aromatic heterocycles. The smallest absolute Gasteiger partial charge is 0.222 e. The van der Waals surface area contributed by atoms with E-state index in [-0.39, 0.29) is 5.91 Å². The number of likely N-dealkylation sites (tertiary alicyclic amines) is 1. The minimum atomic E-state index is 0.270. The number of amides is 1. The van der Waals surface area contributed by atoms with Crippen molar-refractivity contribution in [3.05, 3.63) is 48.0 Å². The van der Waals surface area contributed by atoms with Crippen molar-refractivity contribution in [2.75, 3.05) is 26.8 Å². The van der Waals surface area contributed by atoms with Crippen LogP contribution < -0.4 is 5.32 Å². The summed E-state index contributed by atoms with van der Waals surface area (Å²) in [6.45, 7) is 3.12. The van der Waals surface area contributed by atoms with Crippen LogP contribution in [0.15, 0.2) is 42.5 Å².